The first kappa shape index (κ1) is 13.4. The van der Waals surface area contributed by atoms with Gasteiger partial charge < -0.3 is 10.2 Å². The molecule has 0 saturated carbocycles. The van der Waals surface area contributed by atoms with Crippen LogP contribution in [0.5, 0.6) is 0 Å². The van der Waals surface area contributed by atoms with Crippen LogP contribution < -0.4 is 22.5 Å². The minimum absolute atomic E-state index is 0.181. The highest BCUT2D eigenvalue weighted by Gasteiger charge is 1.87. The van der Waals surface area contributed by atoms with Crippen LogP contribution in [0.15, 0.2) is 0 Å². The van der Waals surface area contributed by atoms with E-state index >= 15 is 0 Å². The van der Waals surface area contributed by atoms with Gasteiger partial charge >= 0.3 is 11.9 Å². The molecule has 0 fully saturated rings. The molecule has 0 aromatic heterocycles. The van der Waals surface area contributed by atoms with E-state index < -0.39 is 11.9 Å². The van der Waals surface area contributed by atoms with Gasteiger partial charge in [-0.3, -0.25) is 21.3 Å². The van der Waals surface area contributed by atoms with E-state index in [1.165, 1.54) is 0 Å². The van der Waals surface area contributed by atoms with Crippen molar-refractivity contribution < 1.29 is 19.8 Å². The lowest BCUT2D eigenvalue weighted by Crippen LogP contribution is -2.28. The standard InChI is InChI=1S/2C2H6N2O2/c2*3-4-1-2(5)6/h2*4H,1,3H2,(H,5,6). The van der Waals surface area contributed by atoms with Crippen LogP contribution in [0.4, 0.5) is 0 Å². The summed E-state index contributed by atoms with van der Waals surface area (Å²) in [6.45, 7) is -0.361. The molecule has 72 valence electrons. The third-order valence-electron chi connectivity index (χ3n) is 0.507. The molecule has 0 atom stereocenters. The van der Waals surface area contributed by atoms with Crippen LogP contribution in [0, 0.1) is 0 Å². The summed E-state index contributed by atoms with van der Waals surface area (Å²) in [5, 5.41) is 15.5. The summed E-state index contributed by atoms with van der Waals surface area (Å²) in [5.74, 6) is 7.30. The lowest BCUT2D eigenvalue weighted by Gasteiger charge is -1.84. The Morgan fingerprint density at radius 2 is 1.25 bits per heavy atom. The van der Waals surface area contributed by atoms with Crippen LogP contribution in [0.1, 0.15) is 0 Å². The highest BCUT2D eigenvalue weighted by Crippen LogP contribution is 1.49. The number of hydrazine groups is 2. The van der Waals surface area contributed by atoms with Gasteiger partial charge in [-0.25, -0.2) is 10.9 Å². The molecule has 0 heterocycles. The Kier molecular flexibility index (Phi) is 10.9. The van der Waals surface area contributed by atoms with Gasteiger partial charge in [-0.15, -0.1) is 0 Å². The first-order valence-electron chi connectivity index (χ1n) is 2.85. The molecule has 0 aliphatic carbocycles. The second kappa shape index (κ2) is 9.78. The fourth-order valence-corrected chi connectivity index (χ4v) is 0.175. The summed E-state index contributed by atoms with van der Waals surface area (Å²) >= 11 is 0. The van der Waals surface area contributed by atoms with Crippen molar-refractivity contribution in [3.05, 3.63) is 0 Å². The van der Waals surface area contributed by atoms with E-state index in [1.807, 2.05) is 10.9 Å². The number of nitrogens with two attached hydrogens (primary N) is 2. The van der Waals surface area contributed by atoms with Gasteiger partial charge in [0.25, 0.3) is 0 Å². The van der Waals surface area contributed by atoms with Crippen molar-refractivity contribution >= 4 is 11.9 Å². The predicted octanol–water partition coefficient (Wildman–Crippen LogP) is -2.93. The van der Waals surface area contributed by atoms with Gasteiger partial charge in [-0.1, -0.05) is 0 Å². The quantitative estimate of drug-likeness (QED) is 0.199. The number of carboxylic acid groups (broad SMARTS) is 2. The Labute approximate surface area is 68.5 Å². The van der Waals surface area contributed by atoms with E-state index in [0.717, 1.165) is 0 Å². The van der Waals surface area contributed by atoms with Crippen molar-refractivity contribution in [1.82, 2.24) is 10.9 Å². The molecule has 0 aromatic carbocycles. The largest absolute Gasteiger partial charge is 0.480 e. The highest BCUT2D eigenvalue weighted by molar-refractivity contribution is 5.69. The number of aliphatic carboxylic acids is 2. The monoisotopic (exact) mass is 180 g/mol. The van der Waals surface area contributed by atoms with Crippen LogP contribution in [-0.4, -0.2) is 35.2 Å². The summed E-state index contributed by atoms with van der Waals surface area (Å²) < 4.78 is 0. The number of carbonyl (C=O) groups is 2. The van der Waals surface area contributed by atoms with Crippen LogP contribution in [-0.2, 0) is 9.59 Å². The van der Waals surface area contributed by atoms with Gasteiger partial charge in [0.2, 0.25) is 0 Å². The average molecular weight is 180 g/mol. The van der Waals surface area contributed by atoms with Crippen LogP contribution >= 0.6 is 0 Å². The molecule has 0 rings (SSSR count). The van der Waals surface area contributed by atoms with Crippen molar-refractivity contribution in [3.8, 4) is 0 Å². The van der Waals surface area contributed by atoms with E-state index in [4.69, 9.17) is 10.2 Å². The molecule has 0 amide bonds. The Morgan fingerprint density at radius 3 is 1.25 bits per heavy atom. The summed E-state index contributed by atoms with van der Waals surface area (Å²) in [5.41, 5.74) is 3.94. The number of carboxylic acids is 2. The maximum atomic E-state index is 9.46. The van der Waals surface area contributed by atoms with Gasteiger partial charge in [-0.05, 0) is 0 Å². The lowest BCUT2D eigenvalue weighted by molar-refractivity contribution is -0.137. The van der Waals surface area contributed by atoms with Crippen molar-refractivity contribution in [2.45, 2.75) is 0 Å². The molecular weight excluding hydrogens is 168 g/mol. The molecule has 8 heteroatoms. The maximum Gasteiger partial charge on any atom is 0.318 e. The van der Waals surface area contributed by atoms with E-state index in [2.05, 4.69) is 11.7 Å². The summed E-state index contributed by atoms with van der Waals surface area (Å²) in [7, 11) is 0. The maximum absolute atomic E-state index is 9.46. The van der Waals surface area contributed by atoms with Crippen molar-refractivity contribution in [2.24, 2.45) is 11.7 Å². The van der Waals surface area contributed by atoms with Gasteiger partial charge in [0, 0.05) is 0 Å². The molecule has 0 unspecified atom stereocenters. The molecule has 0 aliphatic rings. The second-order valence-corrected chi connectivity index (χ2v) is 1.55. The number of hydrogen-bond acceptors (Lipinski definition) is 6. The summed E-state index contributed by atoms with van der Waals surface area (Å²) in [6, 6.07) is 0. The predicted molar refractivity (Wildman–Crippen MR) is 39.7 cm³/mol. The fraction of sp³-hybridized carbons (Fsp3) is 0.500. The van der Waals surface area contributed by atoms with Crippen LogP contribution in [0.25, 0.3) is 0 Å². The first-order chi connectivity index (χ1) is 5.54. The second-order valence-electron chi connectivity index (χ2n) is 1.55. The smallest absolute Gasteiger partial charge is 0.318 e. The van der Waals surface area contributed by atoms with Crippen molar-refractivity contribution in [3.63, 3.8) is 0 Å². The molecule has 0 aromatic rings. The number of nitrogens with one attached hydrogen (secondary N) is 2. The molecule has 8 N–H and O–H groups in total. The molecule has 0 bridgehead atoms. The normalized spacial score (nSPS) is 8.17. The molecule has 0 radical (unpaired) electrons. The van der Waals surface area contributed by atoms with Gasteiger partial charge in [0.15, 0.2) is 0 Å². The summed E-state index contributed by atoms with van der Waals surface area (Å²) in [6.07, 6.45) is 0. The third kappa shape index (κ3) is 23.3. The molecule has 0 saturated heterocycles. The Balaban J connectivity index is 0. The van der Waals surface area contributed by atoms with E-state index in [-0.39, 0.29) is 13.1 Å². The van der Waals surface area contributed by atoms with Crippen LogP contribution in [0.3, 0.4) is 0 Å². The highest BCUT2D eigenvalue weighted by atomic mass is 16.4. The Bertz CT molecular complexity index is 123. The topological polar surface area (TPSA) is 151 Å². The van der Waals surface area contributed by atoms with Gasteiger partial charge in [-0.2, -0.15) is 0 Å². The van der Waals surface area contributed by atoms with E-state index in [0.29, 0.717) is 0 Å². The molecular formula is C4H12N4O4. The minimum Gasteiger partial charge on any atom is -0.480 e. The van der Waals surface area contributed by atoms with E-state index in [9.17, 15) is 9.59 Å². The number of hydrogen-bond donors (Lipinski definition) is 6. The van der Waals surface area contributed by atoms with Gasteiger partial charge in [0.05, 0.1) is 0 Å². The Hall–Kier alpha value is -1.22. The molecule has 0 aliphatic heterocycles. The SMILES string of the molecule is NNCC(=O)O.NNCC(=O)O. The first-order valence-corrected chi connectivity index (χ1v) is 2.85. The van der Waals surface area contributed by atoms with Crippen molar-refractivity contribution in [2.75, 3.05) is 13.1 Å². The number of rotatable bonds is 4. The zero-order chi connectivity index (χ0) is 9.98. The molecule has 0 spiro atoms. The lowest BCUT2D eigenvalue weighted by atomic mass is 10.7. The average Bonchev–Trinajstić information content (AvgIpc) is 1.87. The zero-order valence-corrected chi connectivity index (χ0v) is 6.28. The third-order valence-corrected chi connectivity index (χ3v) is 0.507. The molecule has 12 heavy (non-hydrogen) atoms. The Morgan fingerprint density at radius 1 is 1.00 bits per heavy atom. The minimum atomic E-state index is -0.947. The van der Waals surface area contributed by atoms with E-state index in [1.54, 1.807) is 0 Å². The fourth-order valence-electron chi connectivity index (χ4n) is 0.175. The molecule has 8 nitrogen and oxygen atoms in total. The summed E-state index contributed by atoms with van der Waals surface area (Å²) in [4.78, 5) is 18.9. The zero-order valence-electron chi connectivity index (χ0n) is 6.28. The van der Waals surface area contributed by atoms with Crippen LogP contribution in [0.2, 0.25) is 0 Å². The van der Waals surface area contributed by atoms with Crippen molar-refractivity contribution in [1.29, 1.82) is 0 Å². The van der Waals surface area contributed by atoms with Gasteiger partial charge in [0.1, 0.15) is 13.1 Å².